The lowest BCUT2D eigenvalue weighted by atomic mass is 10.1. The minimum absolute atomic E-state index is 0.0995. The van der Waals surface area contributed by atoms with Crippen molar-refractivity contribution in [2.75, 3.05) is 6.54 Å². The van der Waals surface area contributed by atoms with E-state index in [9.17, 15) is 4.39 Å². The van der Waals surface area contributed by atoms with Gasteiger partial charge in [0.2, 0.25) is 0 Å². The predicted octanol–water partition coefficient (Wildman–Crippen LogP) is 2.99. The molecule has 0 saturated heterocycles. The van der Waals surface area contributed by atoms with Crippen LogP contribution in [0.3, 0.4) is 0 Å². The molecule has 96 valence electrons. The fraction of sp³-hybridized carbons (Fsp3) is 0.357. The van der Waals surface area contributed by atoms with Gasteiger partial charge in [0.25, 0.3) is 0 Å². The average molecular weight is 247 g/mol. The third kappa shape index (κ3) is 2.43. The summed E-state index contributed by atoms with van der Waals surface area (Å²) in [5, 5.41) is 3.31. The third-order valence-corrected chi connectivity index (χ3v) is 3.05. The van der Waals surface area contributed by atoms with Crippen LogP contribution in [0.4, 0.5) is 4.39 Å². The molecule has 1 unspecified atom stereocenters. The van der Waals surface area contributed by atoms with Crippen molar-refractivity contribution in [3.8, 4) is 5.69 Å². The largest absolute Gasteiger partial charge is 0.310 e. The average Bonchev–Trinajstić information content (AvgIpc) is 2.76. The summed E-state index contributed by atoms with van der Waals surface area (Å²) < 4.78 is 15.4. The van der Waals surface area contributed by atoms with Gasteiger partial charge in [-0.3, -0.25) is 0 Å². The Morgan fingerprint density at radius 2 is 2.22 bits per heavy atom. The minimum atomic E-state index is -0.212. The summed E-state index contributed by atoms with van der Waals surface area (Å²) in [5.41, 5.74) is 1.91. The van der Waals surface area contributed by atoms with Crippen LogP contribution >= 0.6 is 0 Å². The Morgan fingerprint density at radius 1 is 1.44 bits per heavy atom. The highest BCUT2D eigenvalue weighted by Crippen LogP contribution is 2.23. The van der Waals surface area contributed by atoms with Crippen LogP contribution in [0.5, 0.6) is 0 Å². The quantitative estimate of drug-likeness (QED) is 0.900. The lowest BCUT2D eigenvalue weighted by molar-refractivity contribution is 0.580. The van der Waals surface area contributed by atoms with Gasteiger partial charge in [-0.1, -0.05) is 6.92 Å². The molecule has 0 aliphatic heterocycles. The van der Waals surface area contributed by atoms with Crippen LogP contribution in [0.15, 0.2) is 30.6 Å². The summed E-state index contributed by atoms with van der Waals surface area (Å²) >= 11 is 0. The van der Waals surface area contributed by atoms with Gasteiger partial charge in [0.15, 0.2) is 0 Å². The Bertz CT molecular complexity index is 534. The summed E-state index contributed by atoms with van der Waals surface area (Å²) in [4.78, 5) is 4.21. The Kier molecular flexibility index (Phi) is 3.77. The Balaban J connectivity index is 2.50. The number of halogens is 1. The molecule has 0 radical (unpaired) electrons. The normalized spacial score (nSPS) is 12.7. The molecule has 1 heterocycles. The number of imidazole rings is 1. The zero-order valence-corrected chi connectivity index (χ0v) is 10.9. The van der Waals surface area contributed by atoms with Gasteiger partial charge in [0, 0.05) is 18.4 Å². The summed E-state index contributed by atoms with van der Waals surface area (Å²) in [6, 6.07) is 4.97. The van der Waals surface area contributed by atoms with Crippen LogP contribution in [0.2, 0.25) is 0 Å². The van der Waals surface area contributed by atoms with E-state index in [1.54, 1.807) is 18.3 Å². The molecule has 3 nitrogen and oxygen atoms in total. The maximum atomic E-state index is 13.4. The molecule has 0 bridgehead atoms. The van der Waals surface area contributed by atoms with E-state index in [1.165, 1.54) is 6.07 Å². The number of hydrogen-bond donors (Lipinski definition) is 1. The molecule has 1 atom stereocenters. The van der Waals surface area contributed by atoms with Gasteiger partial charge in [0.05, 0.1) is 5.69 Å². The first-order valence-corrected chi connectivity index (χ1v) is 6.16. The summed E-state index contributed by atoms with van der Waals surface area (Å²) in [7, 11) is 0. The van der Waals surface area contributed by atoms with Crippen LogP contribution < -0.4 is 5.32 Å². The molecule has 0 amide bonds. The summed E-state index contributed by atoms with van der Waals surface area (Å²) in [6.45, 7) is 6.86. The highest BCUT2D eigenvalue weighted by Gasteiger charge is 2.13. The molecule has 1 N–H and O–H groups in total. The number of aryl methyl sites for hydroxylation is 1. The second-order valence-electron chi connectivity index (χ2n) is 4.33. The van der Waals surface area contributed by atoms with Crippen LogP contribution in [-0.2, 0) is 0 Å². The summed E-state index contributed by atoms with van der Waals surface area (Å²) in [6.07, 6.45) is 3.64. The minimum Gasteiger partial charge on any atom is -0.310 e. The van der Waals surface area contributed by atoms with Crippen molar-refractivity contribution in [2.24, 2.45) is 0 Å². The van der Waals surface area contributed by atoms with Gasteiger partial charge in [-0.15, -0.1) is 0 Å². The van der Waals surface area contributed by atoms with Gasteiger partial charge >= 0.3 is 0 Å². The fourth-order valence-corrected chi connectivity index (χ4v) is 2.14. The van der Waals surface area contributed by atoms with Crippen LogP contribution in [0.1, 0.15) is 31.3 Å². The molecule has 0 aliphatic carbocycles. The van der Waals surface area contributed by atoms with Crippen molar-refractivity contribution in [1.82, 2.24) is 14.9 Å². The molecular weight excluding hydrogens is 229 g/mol. The van der Waals surface area contributed by atoms with Crippen LogP contribution in [0.25, 0.3) is 5.69 Å². The molecule has 1 aromatic heterocycles. The maximum Gasteiger partial charge on any atom is 0.123 e. The molecule has 0 fully saturated rings. The Labute approximate surface area is 107 Å². The van der Waals surface area contributed by atoms with Gasteiger partial charge in [-0.05, 0) is 44.2 Å². The second kappa shape index (κ2) is 5.31. The summed E-state index contributed by atoms with van der Waals surface area (Å²) in [5.74, 6) is 0.683. The van der Waals surface area contributed by atoms with Gasteiger partial charge < -0.3 is 9.88 Å². The number of nitrogens with zero attached hydrogens (tertiary/aromatic N) is 2. The number of hydrogen-bond acceptors (Lipinski definition) is 2. The van der Waals surface area contributed by atoms with Crippen molar-refractivity contribution < 1.29 is 4.39 Å². The van der Waals surface area contributed by atoms with Gasteiger partial charge in [-0.25, -0.2) is 9.37 Å². The fourth-order valence-electron chi connectivity index (χ4n) is 2.14. The van der Waals surface area contributed by atoms with Crippen molar-refractivity contribution in [3.05, 3.63) is 47.8 Å². The highest BCUT2D eigenvalue weighted by atomic mass is 19.1. The lowest BCUT2D eigenvalue weighted by Gasteiger charge is -2.18. The molecule has 0 aliphatic rings. The van der Waals surface area contributed by atoms with E-state index in [0.717, 1.165) is 23.6 Å². The predicted molar refractivity (Wildman–Crippen MR) is 70.4 cm³/mol. The van der Waals surface area contributed by atoms with Gasteiger partial charge in [-0.2, -0.15) is 0 Å². The van der Waals surface area contributed by atoms with E-state index < -0.39 is 0 Å². The second-order valence-corrected chi connectivity index (χ2v) is 4.33. The van der Waals surface area contributed by atoms with Crippen molar-refractivity contribution in [1.29, 1.82) is 0 Å². The van der Waals surface area contributed by atoms with Crippen molar-refractivity contribution in [2.45, 2.75) is 26.8 Å². The van der Waals surface area contributed by atoms with Gasteiger partial charge in [0.1, 0.15) is 11.6 Å². The van der Waals surface area contributed by atoms with E-state index in [2.05, 4.69) is 10.3 Å². The van der Waals surface area contributed by atoms with E-state index in [0.29, 0.717) is 0 Å². The standard InChI is InChI=1S/C14H18FN3/c1-4-16-10(2)13-9-12(15)5-6-14(13)18-8-7-17-11(18)3/h5-10,16H,4H2,1-3H3. The van der Waals surface area contributed by atoms with Crippen LogP contribution in [0, 0.1) is 12.7 Å². The van der Waals surface area contributed by atoms with E-state index in [-0.39, 0.29) is 11.9 Å². The zero-order chi connectivity index (χ0) is 13.1. The zero-order valence-electron chi connectivity index (χ0n) is 10.9. The van der Waals surface area contributed by atoms with E-state index >= 15 is 0 Å². The SMILES string of the molecule is CCNC(C)c1cc(F)ccc1-n1ccnc1C. The van der Waals surface area contributed by atoms with Crippen LogP contribution in [-0.4, -0.2) is 16.1 Å². The molecule has 0 saturated carbocycles. The molecule has 0 spiro atoms. The molecular formula is C14H18FN3. The highest BCUT2D eigenvalue weighted by molar-refractivity contribution is 5.44. The molecule has 2 rings (SSSR count). The number of benzene rings is 1. The molecule has 18 heavy (non-hydrogen) atoms. The number of nitrogens with one attached hydrogen (secondary N) is 1. The first-order valence-electron chi connectivity index (χ1n) is 6.16. The smallest absolute Gasteiger partial charge is 0.123 e. The topological polar surface area (TPSA) is 29.9 Å². The Hall–Kier alpha value is -1.68. The molecule has 1 aromatic carbocycles. The third-order valence-electron chi connectivity index (χ3n) is 3.05. The van der Waals surface area contributed by atoms with Crippen molar-refractivity contribution >= 4 is 0 Å². The maximum absolute atomic E-state index is 13.4. The molecule has 4 heteroatoms. The Morgan fingerprint density at radius 3 is 2.83 bits per heavy atom. The molecule has 2 aromatic rings. The van der Waals surface area contributed by atoms with E-state index in [1.807, 2.05) is 31.5 Å². The number of rotatable bonds is 4. The number of aromatic nitrogens is 2. The first kappa shape index (κ1) is 12.8. The lowest BCUT2D eigenvalue weighted by Crippen LogP contribution is -2.19. The first-order chi connectivity index (χ1) is 8.63. The van der Waals surface area contributed by atoms with Crippen molar-refractivity contribution in [3.63, 3.8) is 0 Å². The van der Waals surface area contributed by atoms with E-state index in [4.69, 9.17) is 0 Å². The monoisotopic (exact) mass is 247 g/mol.